The smallest absolute Gasteiger partial charge is 0.0969 e. The summed E-state index contributed by atoms with van der Waals surface area (Å²) in [5.74, 6) is 0.498. The third-order valence-electron chi connectivity index (χ3n) is 2.42. The van der Waals surface area contributed by atoms with Gasteiger partial charge >= 0.3 is 0 Å². The summed E-state index contributed by atoms with van der Waals surface area (Å²) in [6.45, 7) is 6.21. The van der Waals surface area contributed by atoms with Gasteiger partial charge in [-0.3, -0.25) is 0 Å². The lowest BCUT2D eigenvalue weighted by Gasteiger charge is -2.09. The maximum absolute atomic E-state index is 4.51. The van der Waals surface area contributed by atoms with E-state index in [-0.39, 0.29) is 0 Å². The Morgan fingerprint density at radius 1 is 1.44 bits per heavy atom. The van der Waals surface area contributed by atoms with Gasteiger partial charge in [-0.05, 0) is 29.3 Å². The normalized spacial score (nSPS) is 12.9. The number of nitrogens with one attached hydrogen (secondary N) is 1. The Kier molecular flexibility index (Phi) is 4.09. The van der Waals surface area contributed by atoms with E-state index in [0.717, 1.165) is 18.8 Å². The van der Waals surface area contributed by atoms with Crippen LogP contribution in [0.5, 0.6) is 0 Å². The molecule has 2 heterocycles. The highest BCUT2D eigenvalue weighted by molar-refractivity contribution is 7.09. The van der Waals surface area contributed by atoms with Crippen molar-refractivity contribution in [2.75, 3.05) is 6.54 Å². The zero-order chi connectivity index (χ0) is 11.4. The highest BCUT2D eigenvalue weighted by Gasteiger charge is 2.08. The van der Waals surface area contributed by atoms with Crippen molar-refractivity contribution in [3.63, 3.8) is 0 Å². The molecule has 1 unspecified atom stereocenters. The highest BCUT2D eigenvalue weighted by atomic mass is 32.1. The van der Waals surface area contributed by atoms with Crippen molar-refractivity contribution < 1.29 is 0 Å². The van der Waals surface area contributed by atoms with Crippen LogP contribution in [-0.2, 0) is 6.54 Å². The van der Waals surface area contributed by atoms with Crippen LogP contribution in [0, 0.1) is 6.92 Å². The SMILES string of the molecule is Cc1csc(C(C)CNCc2ccsc2)n1. The molecule has 0 aliphatic heterocycles. The summed E-state index contributed by atoms with van der Waals surface area (Å²) >= 11 is 3.50. The van der Waals surface area contributed by atoms with E-state index < -0.39 is 0 Å². The van der Waals surface area contributed by atoms with Gasteiger partial charge in [0.2, 0.25) is 0 Å². The van der Waals surface area contributed by atoms with E-state index in [0.29, 0.717) is 5.92 Å². The summed E-state index contributed by atoms with van der Waals surface area (Å²) in [5.41, 5.74) is 2.50. The van der Waals surface area contributed by atoms with Gasteiger partial charge in [0.15, 0.2) is 0 Å². The molecule has 2 aromatic rings. The molecule has 2 aromatic heterocycles. The molecular weight excluding hydrogens is 236 g/mol. The molecule has 0 aliphatic rings. The van der Waals surface area contributed by atoms with Crippen LogP contribution in [0.15, 0.2) is 22.2 Å². The second-order valence-electron chi connectivity index (χ2n) is 3.99. The molecule has 0 radical (unpaired) electrons. The van der Waals surface area contributed by atoms with E-state index in [1.165, 1.54) is 10.6 Å². The van der Waals surface area contributed by atoms with Gasteiger partial charge in [-0.15, -0.1) is 11.3 Å². The van der Waals surface area contributed by atoms with E-state index >= 15 is 0 Å². The summed E-state index contributed by atoms with van der Waals surface area (Å²) in [7, 11) is 0. The van der Waals surface area contributed by atoms with Crippen LogP contribution in [0.4, 0.5) is 0 Å². The van der Waals surface area contributed by atoms with Crippen LogP contribution >= 0.6 is 22.7 Å². The first kappa shape index (κ1) is 11.8. The predicted octanol–water partition coefficient (Wildman–Crippen LogP) is 3.41. The van der Waals surface area contributed by atoms with Gasteiger partial charge in [0, 0.05) is 30.1 Å². The average Bonchev–Trinajstić information content (AvgIpc) is 2.89. The van der Waals surface area contributed by atoms with E-state index in [2.05, 4.69) is 39.4 Å². The Bertz CT molecular complexity index is 420. The molecule has 0 saturated carbocycles. The molecule has 16 heavy (non-hydrogen) atoms. The van der Waals surface area contributed by atoms with E-state index in [1.54, 1.807) is 22.7 Å². The second kappa shape index (κ2) is 5.57. The van der Waals surface area contributed by atoms with E-state index in [1.807, 2.05) is 6.92 Å². The van der Waals surface area contributed by atoms with Crippen LogP contribution in [-0.4, -0.2) is 11.5 Å². The van der Waals surface area contributed by atoms with Crippen molar-refractivity contribution in [3.05, 3.63) is 38.5 Å². The van der Waals surface area contributed by atoms with Gasteiger partial charge in [-0.1, -0.05) is 6.92 Å². The van der Waals surface area contributed by atoms with Crippen molar-refractivity contribution in [1.29, 1.82) is 0 Å². The zero-order valence-electron chi connectivity index (χ0n) is 9.56. The van der Waals surface area contributed by atoms with Crippen LogP contribution < -0.4 is 5.32 Å². The second-order valence-corrected chi connectivity index (χ2v) is 5.66. The molecule has 4 heteroatoms. The Hall–Kier alpha value is -0.710. The molecule has 0 aliphatic carbocycles. The Morgan fingerprint density at radius 2 is 2.31 bits per heavy atom. The number of hydrogen-bond acceptors (Lipinski definition) is 4. The van der Waals surface area contributed by atoms with E-state index in [4.69, 9.17) is 0 Å². The Labute approximate surface area is 104 Å². The summed E-state index contributed by atoms with van der Waals surface area (Å²) in [4.78, 5) is 4.51. The van der Waals surface area contributed by atoms with Crippen LogP contribution in [0.2, 0.25) is 0 Å². The quantitative estimate of drug-likeness (QED) is 0.882. The molecule has 1 atom stereocenters. The minimum Gasteiger partial charge on any atom is -0.312 e. The van der Waals surface area contributed by atoms with Crippen molar-refractivity contribution in [2.24, 2.45) is 0 Å². The van der Waals surface area contributed by atoms with Gasteiger partial charge in [0.1, 0.15) is 0 Å². The number of thiazole rings is 1. The lowest BCUT2D eigenvalue weighted by Crippen LogP contribution is -2.19. The molecule has 0 saturated heterocycles. The molecule has 1 N–H and O–H groups in total. The summed E-state index contributed by atoms with van der Waals surface area (Å²) in [6, 6.07) is 2.16. The maximum atomic E-state index is 4.51. The number of nitrogens with zero attached hydrogens (tertiary/aromatic N) is 1. The van der Waals surface area contributed by atoms with Gasteiger partial charge in [-0.2, -0.15) is 11.3 Å². The van der Waals surface area contributed by atoms with Gasteiger partial charge in [-0.25, -0.2) is 4.98 Å². The topological polar surface area (TPSA) is 24.9 Å². The number of rotatable bonds is 5. The lowest BCUT2D eigenvalue weighted by molar-refractivity contribution is 0.613. The lowest BCUT2D eigenvalue weighted by atomic mass is 10.2. The largest absolute Gasteiger partial charge is 0.312 e. The van der Waals surface area contributed by atoms with Gasteiger partial charge in [0.25, 0.3) is 0 Å². The highest BCUT2D eigenvalue weighted by Crippen LogP contribution is 2.19. The van der Waals surface area contributed by atoms with Crippen LogP contribution in [0.1, 0.15) is 29.1 Å². The number of aromatic nitrogens is 1. The number of thiophene rings is 1. The van der Waals surface area contributed by atoms with Crippen molar-refractivity contribution in [1.82, 2.24) is 10.3 Å². The third kappa shape index (κ3) is 3.14. The molecule has 2 rings (SSSR count). The molecule has 0 fully saturated rings. The first-order valence-electron chi connectivity index (χ1n) is 5.39. The van der Waals surface area contributed by atoms with Crippen molar-refractivity contribution in [2.45, 2.75) is 26.3 Å². The molecule has 0 amide bonds. The minimum atomic E-state index is 0.498. The summed E-state index contributed by atoms with van der Waals surface area (Å²) in [5, 5.41) is 11.1. The fourth-order valence-electron chi connectivity index (χ4n) is 1.51. The zero-order valence-corrected chi connectivity index (χ0v) is 11.2. The monoisotopic (exact) mass is 252 g/mol. The average molecular weight is 252 g/mol. The van der Waals surface area contributed by atoms with Crippen molar-refractivity contribution in [3.8, 4) is 0 Å². The summed E-state index contributed by atoms with van der Waals surface area (Å²) in [6.07, 6.45) is 0. The first-order valence-corrected chi connectivity index (χ1v) is 7.22. The predicted molar refractivity (Wildman–Crippen MR) is 71.3 cm³/mol. The Morgan fingerprint density at radius 3 is 2.94 bits per heavy atom. The van der Waals surface area contributed by atoms with Gasteiger partial charge in [0.05, 0.1) is 5.01 Å². The fraction of sp³-hybridized carbons (Fsp3) is 0.417. The van der Waals surface area contributed by atoms with Crippen LogP contribution in [0.3, 0.4) is 0 Å². The standard InChI is InChI=1S/C12H16N2S2/c1-9(12-14-10(2)7-16-12)5-13-6-11-3-4-15-8-11/h3-4,7-9,13H,5-6H2,1-2H3. The summed E-state index contributed by atoms with van der Waals surface area (Å²) < 4.78 is 0. The van der Waals surface area contributed by atoms with Crippen LogP contribution in [0.25, 0.3) is 0 Å². The molecular formula is C12H16N2S2. The Balaban J connectivity index is 1.78. The molecule has 0 aromatic carbocycles. The number of hydrogen-bond donors (Lipinski definition) is 1. The first-order chi connectivity index (χ1) is 7.75. The molecule has 2 nitrogen and oxygen atoms in total. The van der Waals surface area contributed by atoms with Gasteiger partial charge < -0.3 is 5.32 Å². The molecule has 86 valence electrons. The van der Waals surface area contributed by atoms with E-state index in [9.17, 15) is 0 Å². The molecule has 0 bridgehead atoms. The fourth-order valence-corrected chi connectivity index (χ4v) is 3.04. The molecule has 0 spiro atoms. The maximum Gasteiger partial charge on any atom is 0.0969 e. The third-order valence-corrected chi connectivity index (χ3v) is 4.34. The van der Waals surface area contributed by atoms with Crippen molar-refractivity contribution >= 4 is 22.7 Å². The number of aryl methyl sites for hydroxylation is 1. The minimum absolute atomic E-state index is 0.498.